The summed E-state index contributed by atoms with van der Waals surface area (Å²) in [5.41, 5.74) is 1.28. The Morgan fingerprint density at radius 2 is 1.74 bits per heavy atom. The minimum absolute atomic E-state index is 0.113. The number of aromatic nitrogens is 2. The topological polar surface area (TPSA) is 111 Å². The molecule has 0 saturated heterocycles. The summed E-state index contributed by atoms with van der Waals surface area (Å²) in [7, 11) is 1.58. The van der Waals surface area contributed by atoms with E-state index in [1.807, 2.05) is 19.1 Å². The van der Waals surface area contributed by atoms with Crippen LogP contribution < -0.4 is 4.74 Å². The van der Waals surface area contributed by atoms with E-state index in [1.54, 1.807) is 64.2 Å². The fourth-order valence-electron chi connectivity index (χ4n) is 3.49. The van der Waals surface area contributed by atoms with Crippen LogP contribution in [-0.4, -0.2) is 56.9 Å². The van der Waals surface area contributed by atoms with Gasteiger partial charge in [-0.3, -0.25) is 0 Å². The van der Waals surface area contributed by atoms with Gasteiger partial charge in [0.25, 0.3) is 0 Å². The van der Waals surface area contributed by atoms with E-state index in [0.29, 0.717) is 16.9 Å². The molecule has 0 saturated carbocycles. The summed E-state index contributed by atoms with van der Waals surface area (Å²) in [5.74, 6) is -0.474. The van der Waals surface area contributed by atoms with Gasteiger partial charge in [0.1, 0.15) is 17.2 Å². The van der Waals surface area contributed by atoms with E-state index in [-0.39, 0.29) is 12.4 Å². The molecule has 1 unspecified atom stereocenters. The van der Waals surface area contributed by atoms with Crippen molar-refractivity contribution in [3.8, 4) is 5.75 Å². The largest absolute Gasteiger partial charge is 0.464 e. The van der Waals surface area contributed by atoms with Gasteiger partial charge in [0.05, 0.1) is 11.5 Å². The normalized spacial score (nSPS) is 12.0. The first kappa shape index (κ1) is 25.5. The third kappa shape index (κ3) is 6.47. The summed E-state index contributed by atoms with van der Waals surface area (Å²) < 4.78 is 11.9. The Bertz CT molecular complexity index is 1210. The minimum atomic E-state index is -1.19. The number of likely N-dealkylation sites (N-methyl/N-ethyl adjacent to an activating group) is 1. The van der Waals surface area contributed by atoms with E-state index in [1.165, 1.54) is 17.3 Å². The molecule has 1 atom stereocenters. The number of amides is 1. The third-order valence-electron chi connectivity index (χ3n) is 5.21. The molecular weight excluding hydrogens is 450 g/mol. The van der Waals surface area contributed by atoms with Crippen molar-refractivity contribution in [2.24, 2.45) is 0 Å². The molecule has 1 amide bonds. The number of hydrogen-bond acceptors (Lipinski definition) is 6. The van der Waals surface area contributed by atoms with Crippen molar-refractivity contribution in [1.82, 2.24) is 14.5 Å². The Kier molecular flexibility index (Phi) is 7.58. The molecule has 35 heavy (non-hydrogen) atoms. The molecule has 0 fully saturated rings. The van der Waals surface area contributed by atoms with Crippen LogP contribution in [0.5, 0.6) is 5.75 Å². The van der Waals surface area contributed by atoms with Crippen molar-refractivity contribution in [3.63, 3.8) is 0 Å². The molecular formula is C26H29N3O6. The summed E-state index contributed by atoms with van der Waals surface area (Å²) in [6.07, 6.45) is 1.00. The van der Waals surface area contributed by atoms with Crippen molar-refractivity contribution >= 4 is 18.2 Å². The zero-order valence-corrected chi connectivity index (χ0v) is 20.4. The highest BCUT2D eigenvalue weighted by Gasteiger charge is 2.27. The number of carbonyl (C=O) groups is 3. The van der Waals surface area contributed by atoms with Crippen molar-refractivity contribution in [1.29, 1.82) is 0 Å². The maximum absolute atomic E-state index is 12.6. The second kappa shape index (κ2) is 10.4. The lowest BCUT2D eigenvalue weighted by Gasteiger charge is -2.27. The predicted octanol–water partition coefficient (Wildman–Crippen LogP) is 4.94. The molecule has 1 aromatic heterocycles. The van der Waals surface area contributed by atoms with Gasteiger partial charge in [-0.25, -0.2) is 23.9 Å². The molecule has 2 aromatic carbocycles. The first-order chi connectivity index (χ1) is 16.5. The van der Waals surface area contributed by atoms with Crippen LogP contribution in [0.1, 0.15) is 54.0 Å². The summed E-state index contributed by atoms with van der Waals surface area (Å²) in [6.45, 7) is 7.25. The molecule has 3 rings (SSSR count). The number of carboxylic acid groups (broad SMARTS) is 1. The van der Waals surface area contributed by atoms with Crippen LogP contribution in [0.3, 0.4) is 0 Å². The monoisotopic (exact) mass is 479 g/mol. The molecule has 0 aliphatic carbocycles. The van der Waals surface area contributed by atoms with E-state index in [9.17, 15) is 19.5 Å². The standard InChI is InChI=1S/C26H29N3O6/c1-17-8-6-7-9-20(17)23(30)34-19-12-10-18(11-13-19)21(22-27-14-15-29(22)24(31)32)16-28(5)25(33)35-26(2,3)4/h6-15,21H,16H2,1-5H3,(H,31,32). The predicted molar refractivity (Wildman–Crippen MR) is 129 cm³/mol. The molecule has 184 valence electrons. The molecule has 1 heterocycles. The number of rotatable bonds is 6. The molecule has 9 heteroatoms. The highest BCUT2D eigenvalue weighted by Crippen LogP contribution is 2.27. The lowest BCUT2D eigenvalue weighted by Crippen LogP contribution is -2.37. The summed E-state index contributed by atoms with van der Waals surface area (Å²) >= 11 is 0. The number of esters is 1. The van der Waals surface area contributed by atoms with Crippen LogP contribution in [0.25, 0.3) is 0 Å². The zero-order valence-electron chi connectivity index (χ0n) is 20.4. The molecule has 0 aliphatic rings. The number of aryl methyl sites for hydroxylation is 1. The summed E-state index contributed by atoms with van der Waals surface area (Å²) in [5, 5.41) is 9.58. The van der Waals surface area contributed by atoms with Crippen molar-refractivity contribution in [2.45, 2.75) is 39.2 Å². The number of nitrogens with zero attached hydrogens (tertiary/aromatic N) is 3. The molecule has 0 bridgehead atoms. The summed E-state index contributed by atoms with van der Waals surface area (Å²) in [4.78, 5) is 42.4. The van der Waals surface area contributed by atoms with Gasteiger partial charge in [0.15, 0.2) is 0 Å². The molecule has 9 nitrogen and oxygen atoms in total. The average Bonchev–Trinajstić information content (AvgIpc) is 3.27. The number of benzene rings is 2. The third-order valence-corrected chi connectivity index (χ3v) is 5.21. The average molecular weight is 480 g/mol. The summed E-state index contributed by atoms with van der Waals surface area (Å²) in [6, 6.07) is 13.8. The highest BCUT2D eigenvalue weighted by atomic mass is 16.6. The van der Waals surface area contributed by atoms with Crippen LogP contribution >= 0.6 is 0 Å². The number of hydrogen-bond donors (Lipinski definition) is 1. The second-order valence-corrected chi connectivity index (χ2v) is 9.12. The fourth-order valence-corrected chi connectivity index (χ4v) is 3.49. The van der Waals surface area contributed by atoms with Gasteiger partial charge in [0, 0.05) is 26.0 Å². The van der Waals surface area contributed by atoms with E-state index in [2.05, 4.69) is 4.98 Å². The van der Waals surface area contributed by atoms with Gasteiger partial charge in [-0.15, -0.1) is 0 Å². The van der Waals surface area contributed by atoms with Crippen LogP contribution in [0, 0.1) is 6.92 Å². The van der Waals surface area contributed by atoms with Gasteiger partial charge in [-0.2, -0.15) is 0 Å². The minimum Gasteiger partial charge on any atom is -0.464 e. The highest BCUT2D eigenvalue weighted by molar-refractivity contribution is 5.92. The molecule has 0 spiro atoms. The number of imidazole rings is 1. The van der Waals surface area contributed by atoms with Crippen molar-refractivity contribution < 1.29 is 29.0 Å². The van der Waals surface area contributed by atoms with Crippen LogP contribution in [0.15, 0.2) is 60.9 Å². The maximum atomic E-state index is 12.6. The fraction of sp³-hybridized carbons (Fsp3) is 0.308. The van der Waals surface area contributed by atoms with Gasteiger partial charge >= 0.3 is 18.2 Å². The van der Waals surface area contributed by atoms with Crippen molar-refractivity contribution in [3.05, 3.63) is 83.4 Å². The Morgan fingerprint density at radius 3 is 2.34 bits per heavy atom. The van der Waals surface area contributed by atoms with Crippen LogP contribution in [-0.2, 0) is 4.74 Å². The van der Waals surface area contributed by atoms with E-state index >= 15 is 0 Å². The zero-order chi connectivity index (χ0) is 25.8. The van der Waals surface area contributed by atoms with E-state index in [4.69, 9.17) is 9.47 Å². The molecule has 3 aromatic rings. The van der Waals surface area contributed by atoms with Crippen LogP contribution in [0.2, 0.25) is 0 Å². The van der Waals surface area contributed by atoms with Crippen LogP contribution in [0.4, 0.5) is 9.59 Å². The van der Waals surface area contributed by atoms with Gasteiger partial charge < -0.3 is 19.5 Å². The van der Waals surface area contributed by atoms with Gasteiger partial charge in [0.2, 0.25) is 0 Å². The van der Waals surface area contributed by atoms with Gasteiger partial charge in [-0.05, 0) is 57.0 Å². The Labute approximate surface area is 203 Å². The quantitative estimate of drug-likeness (QED) is 0.394. The first-order valence-electron chi connectivity index (χ1n) is 11.0. The SMILES string of the molecule is Cc1ccccc1C(=O)Oc1ccc(C(CN(C)C(=O)OC(C)(C)C)c2nccn2C(=O)O)cc1. The second-order valence-electron chi connectivity index (χ2n) is 9.12. The van der Waals surface area contributed by atoms with E-state index < -0.39 is 29.7 Å². The molecule has 0 aliphatic heterocycles. The number of ether oxygens (including phenoxy) is 2. The number of carbonyl (C=O) groups excluding carboxylic acids is 2. The smallest absolute Gasteiger partial charge is 0.417 e. The molecule has 0 radical (unpaired) electrons. The Balaban J connectivity index is 1.87. The van der Waals surface area contributed by atoms with Crippen molar-refractivity contribution in [2.75, 3.05) is 13.6 Å². The maximum Gasteiger partial charge on any atom is 0.417 e. The Hall–Kier alpha value is -4.14. The molecule has 1 N–H and O–H groups in total. The van der Waals surface area contributed by atoms with Gasteiger partial charge in [-0.1, -0.05) is 30.3 Å². The Morgan fingerprint density at radius 1 is 1.09 bits per heavy atom. The lowest BCUT2D eigenvalue weighted by molar-refractivity contribution is 0.0292. The lowest BCUT2D eigenvalue weighted by atomic mass is 9.97. The first-order valence-corrected chi connectivity index (χ1v) is 11.0. The van der Waals surface area contributed by atoms with E-state index in [0.717, 1.165) is 10.1 Å².